The molecule has 54 heavy (non-hydrogen) atoms. The second-order valence-corrected chi connectivity index (χ2v) is 15.9. The van der Waals surface area contributed by atoms with E-state index in [4.69, 9.17) is 16.3 Å². The average Bonchev–Trinajstić information content (AvgIpc) is 3.73. The lowest BCUT2D eigenvalue weighted by Crippen LogP contribution is -2.52. The number of H-pyrrole nitrogens is 1. The Balaban J connectivity index is 0.861. The SMILES string of the molecule is Cc1nn(C)cc1-c1nc2ncc(Cl)c(Oc3ccc(C4CCN(CC5CCN(c6ccc(N7CCC(=O)NC7=O)cc6F)CC5)C(C)(C)C4)cc3)c2[nH]1. The lowest BCUT2D eigenvalue weighted by molar-refractivity contribution is -0.120. The Bertz CT molecular complexity index is 2210. The first-order valence-corrected chi connectivity index (χ1v) is 19.0. The van der Waals surface area contributed by atoms with Gasteiger partial charge in [0, 0.05) is 57.1 Å². The van der Waals surface area contributed by atoms with Gasteiger partial charge in [0.2, 0.25) is 5.91 Å². The molecular formula is C40H45ClFN9O3. The zero-order valence-corrected chi connectivity index (χ0v) is 31.8. The second-order valence-electron chi connectivity index (χ2n) is 15.5. The maximum Gasteiger partial charge on any atom is 0.328 e. The minimum Gasteiger partial charge on any atom is -0.453 e. The number of hydrogen-bond acceptors (Lipinski definition) is 8. The van der Waals surface area contributed by atoms with Crippen LogP contribution in [-0.2, 0) is 11.8 Å². The summed E-state index contributed by atoms with van der Waals surface area (Å²) in [5.41, 5.74) is 5.27. The fourth-order valence-corrected chi connectivity index (χ4v) is 8.55. The number of halogens is 2. The number of aromatic nitrogens is 5. The smallest absolute Gasteiger partial charge is 0.328 e. The highest BCUT2D eigenvalue weighted by atomic mass is 35.5. The van der Waals surface area contributed by atoms with E-state index in [0.717, 1.165) is 63.1 Å². The number of amides is 3. The van der Waals surface area contributed by atoms with Gasteiger partial charge in [-0.1, -0.05) is 23.7 Å². The van der Waals surface area contributed by atoms with E-state index < -0.39 is 6.03 Å². The zero-order chi connectivity index (χ0) is 37.7. The third-order valence-corrected chi connectivity index (χ3v) is 11.6. The molecule has 2 aromatic carbocycles. The molecule has 2 N–H and O–H groups in total. The summed E-state index contributed by atoms with van der Waals surface area (Å²) < 4.78 is 23.4. The molecule has 3 aliphatic heterocycles. The molecule has 3 aromatic heterocycles. The Labute approximate surface area is 318 Å². The van der Waals surface area contributed by atoms with Gasteiger partial charge in [0.15, 0.2) is 11.4 Å². The van der Waals surface area contributed by atoms with E-state index in [2.05, 4.69) is 61.1 Å². The van der Waals surface area contributed by atoms with Crippen LogP contribution in [0.15, 0.2) is 54.9 Å². The van der Waals surface area contributed by atoms with Crippen molar-refractivity contribution in [1.29, 1.82) is 0 Å². The summed E-state index contributed by atoms with van der Waals surface area (Å²) in [4.78, 5) is 42.4. The molecule has 282 valence electrons. The molecule has 0 aliphatic carbocycles. The number of nitrogens with zero attached hydrogens (tertiary/aromatic N) is 7. The van der Waals surface area contributed by atoms with Crippen LogP contribution in [0.3, 0.4) is 0 Å². The zero-order valence-electron chi connectivity index (χ0n) is 31.0. The van der Waals surface area contributed by atoms with E-state index >= 15 is 4.39 Å². The summed E-state index contributed by atoms with van der Waals surface area (Å²) in [5.74, 6) is 2.15. The van der Waals surface area contributed by atoms with E-state index in [1.54, 1.807) is 23.0 Å². The molecule has 1 unspecified atom stereocenters. The fourth-order valence-electron chi connectivity index (χ4n) is 8.37. The Morgan fingerprint density at radius 1 is 1.04 bits per heavy atom. The molecule has 3 saturated heterocycles. The number of urea groups is 1. The van der Waals surface area contributed by atoms with E-state index in [9.17, 15) is 9.59 Å². The normalized spacial score (nSPS) is 19.8. The van der Waals surface area contributed by atoms with Gasteiger partial charge < -0.3 is 14.6 Å². The van der Waals surface area contributed by atoms with Gasteiger partial charge in [-0.3, -0.25) is 24.6 Å². The summed E-state index contributed by atoms with van der Waals surface area (Å²) in [6.45, 7) is 10.5. The molecule has 3 aliphatic rings. The number of nitrogens with one attached hydrogen (secondary N) is 2. The minimum absolute atomic E-state index is 0.0314. The van der Waals surface area contributed by atoms with E-state index in [-0.39, 0.29) is 30.2 Å². The number of fused-ring (bicyclic) bond motifs is 1. The van der Waals surface area contributed by atoms with Crippen molar-refractivity contribution in [2.24, 2.45) is 13.0 Å². The molecule has 1 atom stereocenters. The number of rotatable bonds is 8. The number of aryl methyl sites for hydroxylation is 2. The Kier molecular flexibility index (Phi) is 9.55. The molecule has 0 radical (unpaired) electrons. The van der Waals surface area contributed by atoms with Crippen LogP contribution < -0.4 is 19.9 Å². The number of aromatic amines is 1. The summed E-state index contributed by atoms with van der Waals surface area (Å²) in [6, 6.07) is 12.8. The lowest BCUT2D eigenvalue weighted by Gasteiger charge is -2.48. The van der Waals surface area contributed by atoms with Crippen molar-refractivity contribution in [2.75, 3.05) is 42.5 Å². The van der Waals surface area contributed by atoms with Gasteiger partial charge in [0.05, 0.1) is 23.1 Å². The highest BCUT2D eigenvalue weighted by molar-refractivity contribution is 6.32. The topological polar surface area (TPSA) is 125 Å². The Morgan fingerprint density at radius 3 is 2.50 bits per heavy atom. The monoisotopic (exact) mass is 753 g/mol. The predicted molar refractivity (Wildman–Crippen MR) is 207 cm³/mol. The van der Waals surface area contributed by atoms with Crippen molar-refractivity contribution in [3.8, 4) is 22.9 Å². The molecule has 0 bridgehead atoms. The van der Waals surface area contributed by atoms with Gasteiger partial charge in [-0.05, 0) is 101 Å². The van der Waals surface area contributed by atoms with Gasteiger partial charge in [-0.15, -0.1) is 0 Å². The van der Waals surface area contributed by atoms with Crippen LogP contribution in [0.4, 0.5) is 20.6 Å². The molecule has 0 saturated carbocycles. The van der Waals surface area contributed by atoms with E-state index in [1.807, 2.05) is 32.3 Å². The van der Waals surface area contributed by atoms with Crippen LogP contribution in [0, 0.1) is 18.7 Å². The highest BCUT2D eigenvalue weighted by Gasteiger charge is 2.37. The molecule has 14 heteroatoms. The van der Waals surface area contributed by atoms with Crippen LogP contribution in [0.25, 0.3) is 22.6 Å². The van der Waals surface area contributed by atoms with Crippen LogP contribution in [0.1, 0.15) is 63.1 Å². The lowest BCUT2D eigenvalue weighted by atomic mass is 9.78. The van der Waals surface area contributed by atoms with Crippen LogP contribution in [-0.4, -0.2) is 79.8 Å². The summed E-state index contributed by atoms with van der Waals surface area (Å²) in [5, 5.41) is 7.13. The number of hydrogen-bond donors (Lipinski definition) is 2. The van der Waals surface area contributed by atoms with Gasteiger partial charge in [-0.2, -0.15) is 5.10 Å². The third kappa shape index (κ3) is 7.14. The Morgan fingerprint density at radius 2 is 1.81 bits per heavy atom. The quantitative estimate of drug-likeness (QED) is 0.166. The number of imidazole rings is 1. The summed E-state index contributed by atoms with van der Waals surface area (Å²) >= 11 is 6.60. The van der Waals surface area contributed by atoms with Crippen molar-refractivity contribution in [3.05, 3.63) is 77.0 Å². The van der Waals surface area contributed by atoms with Gasteiger partial charge >= 0.3 is 6.03 Å². The number of ether oxygens (including phenoxy) is 1. The standard InChI is InChI=1S/C40H45ClFN9O3/c1-24-30(23-48(4)47-24)37-45-35-36(31(41)21-43-38(35)46-37)54-29-8-5-26(6-9-29)27-13-17-50(40(2,3)20-27)22-25-11-15-49(16-12-25)33-10-7-28(19-32(33)42)51-18-14-34(52)44-39(51)53/h5-10,19,21,23,25,27H,11-18,20,22H2,1-4H3,(H,43,45,46)(H,44,52,53). The molecular weight excluding hydrogens is 709 g/mol. The number of piperidine rings is 2. The first-order chi connectivity index (χ1) is 25.9. The molecule has 6 heterocycles. The van der Waals surface area contributed by atoms with Gasteiger partial charge in [0.1, 0.15) is 27.9 Å². The molecule has 3 fully saturated rings. The molecule has 12 nitrogen and oxygen atoms in total. The van der Waals surface area contributed by atoms with Crippen molar-refractivity contribution >= 4 is 46.1 Å². The first kappa shape index (κ1) is 36.0. The van der Waals surface area contributed by atoms with Crippen LogP contribution in [0.2, 0.25) is 5.02 Å². The number of pyridine rings is 1. The van der Waals surface area contributed by atoms with Crippen molar-refractivity contribution in [2.45, 2.75) is 64.3 Å². The summed E-state index contributed by atoms with van der Waals surface area (Å²) in [6.07, 6.45) is 7.80. The third-order valence-electron chi connectivity index (χ3n) is 11.3. The number of carbonyl (C=O) groups excluding carboxylic acids is 2. The second kappa shape index (κ2) is 14.3. The molecule has 3 amide bonds. The van der Waals surface area contributed by atoms with Crippen molar-refractivity contribution in [1.82, 2.24) is 34.9 Å². The maximum absolute atomic E-state index is 15.3. The first-order valence-electron chi connectivity index (χ1n) is 18.7. The average molecular weight is 754 g/mol. The molecule has 8 rings (SSSR count). The fraction of sp³-hybridized carbons (Fsp3) is 0.425. The number of imide groups is 1. The van der Waals surface area contributed by atoms with Gasteiger partial charge in [-0.25, -0.2) is 19.2 Å². The van der Waals surface area contributed by atoms with Crippen molar-refractivity contribution in [3.63, 3.8) is 0 Å². The molecule has 0 spiro atoms. The van der Waals surface area contributed by atoms with E-state index in [1.165, 1.54) is 16.5 Å². The van der Waals surface area contributed by atoms with Crippen LogP contribution in [0.5, 0.6) is 11.5 Å². The largest absolute Gasteiger partial charge is 0.453 e. The van der Waals surface area contributed by atoms with Crippen molar-refractivity contribution < 1.29 is 18.7 Å². The highest BCUT2D eigenvalue weighted by Crippen LogP contribution is 2.41. The minimum atomic E-state index is -0.510. The maximum atomic E-state index is 15.3. The summed E-state index contributed by atoms with van der Waals surface area (Å²) in [7, 11) is 1.88. The van der Waals surface area contributed by atoms with E-state index in [0.29, 0.717) is 56.7 Å². The number of likely N-dealkylation sites (tertiary alicyclic amines) is 1. The predicted octanol–water partition coefficient (Wildman–Crippen LogP) is 7.57. The number of benzene rings is 2. The number of anilines is 2. The number of carbonyl (C=O) groups is 2. The van der Waals surface area contributed by atoms with Gasteiger partial charge in [0.25, 0.3) is 0 Å². The Hall–Kier alpha value is -5.01. The molecule has 5 aromatic rings. The van der Waals surface area contributed by atoms with Crippen LogP contribution >= 0.6 is 11.6 Å².